The first-order valence-corrected chi connectivity index (χ1v) is 4.56. The summed E-state index contributed by atoms with van der Waals surface area (Å²) in [5, 5.41) is 0. The number of Topliss-reactive ketones (excluding diaryl/α,β-unsaturated/α-hetero) is 1. The van der Waals surface area contributed by atoms with Gasteiger partial charge in [0.2, 0.25) is 5.91 Å². The van der Waals surface area contributed by atoms with Crippen molar-refractivity contribution >= 4 is 11.7 Å². The second kappa shape index (κ2) is 2.57. The van der Waals surface area contributed by atoms with Gasteiger partial charge in [0.15, 0.2) is 5.78 Å². The summed E-state index contributed by atoms with van der Waals surface area (Å²) in [5.41, 5.74) is 0. The second-order valence-corrected chi connectivity index (χ2v) is 3.61. The molecule has 0 aromatic carbocycles. The largest absolute Gasteiger partial charge is 0.332 e. The van der Waals surface area contributed by atoms with Crippen molar-refractivity contribution < 1.29 is 9.59 Å². The molecule has 0 saturated carbocycles. The van der Waals surface area contributed by atoms with Crippen molar-refractivity contribution in [2.75, 3.05) is 6.54 Å². The first kappa shape index (κ1) is 7.77. The molecule has 2 fully saturated rings. The molecule has 1 unspecified atom stereocenters. The molecule has 2 atom stereocenters. The van der Waals surface area contributed by atoms with Crippen LogP contribution in [0.1, 0.15) is 26.2 Å². The topological polar surface area (TPSA) is 37.4 Å². The van der Waals surface area contributed by atoms with Gasteiger partial charge in [-0.1, -0.05) is 6.92 Å². The highest BCUT2D eigenvalue weighted by Crippen LogP contribution is 2.32. The summed E-state index contributed by atoms with van der Waals surface area (Å²) in [6, 6.07) is 0.245. The van der Waals surface area contributed by atoms with Gasteiger partial charge >= 0.3 is 0 Å². The predicted molar refractivity (Wildman–Crippen MR) is 43.5 cm³/mol. The zero-order chi connectivity index (χ0) is 8.72. The van der Waals surface area contributed by atoms with E-state index in [0.717, 1.165) is 12.8 Å². The van der Waals surface area contributed by atoms with Gasteiger partial charge in [-0.05, 0) is 12.8 Å². The number of hydrogen-bond donors (Lipinski definition) is 0. The Morgan fingerprint density at radius 3 is 2.92 bits per heavy atom. The number of carbonyl (C=O) groups excluding carboxylic acids is 2. The predicted octanol–water partition coefficient (Wildman–Crippen LogP) is 0.586. The van der Waals surface area contributed by atoms with Crippen LogP contribution in [0.5, 0.6) is 0 Å². The van der Waals surface area contributed by atoms with Crippen LogP contribution in [0, 0.1) is 5.92 Å². The summed E-state index contributed by atoms with van der Waals surface area (Å²) in [6.07, 6.45) is 2.42. The molecule has 0 spiro atoms. The molecule has 3 heteroatoms. The lowest BCUT2D eigenvalue weighted by Gasteiger charge is -2.16. The van der Waals surface area contributed by atoms with E-state index < -0.39 is 0 Å². The molecule has 0 aromatic heterocycles. The molecule has 1 amide bonds. The smallest absolute Gasteiger partial charge is 0.223 e. The van der Waals surface area contributed by atoms with Crippen molar-refractivity contribution in [3.05, 3.63) is 0 Å². The van der Waals surface area contributed by atoms with Crippen LogP contribution < -0.4 is 0 Å². The maximum absolute atomic E-state index is 11.4. The van der Waals surface area contributed by atoms with Gasteiger partial charge in [0.25, 0.3) is 0 Å². The summed E-state index contributed by atoms with van der Waals surface area (Å²) in [7, 11) is 0. The minimum atomic E-state index is 0.136. The van der Waals surface area contributed by atoms with Gasteiger partial charge < -0.3 is 4.90 Å². The van der Waals surface area contributed by atoms with Crippen LogP contribution in [0.15, 0.2) is 0 Å². The van der Waals surface area contributed by atoms with E-state index >= 15 is 0 Å². The highest BCUT2D eigenvalue weighted by Gasteiger charge is 2.45. The van der Waals surface area contributed by atoms with E-state index in [4.69, 9.17) is 0 Å². The molecule has 3 nitrogen and oxygen atoms in total. The summed E-state index contributed by atoms with van der Waals surface area (Å²) in [4.78, 5) is 24.4. The molecule has 2 rings (SSSR count). The Bertz CT molecular complexity index is 237. The molecule has 2 aliphatic rings. The first-order valence-electron chi connectivity index (χ1n) is 4.56. The van der Waals surface area contributed by atoms with E-state index in [1.165, 1.54) is 0 Å². The Hall–Kier alpha value is -0.860. The van der Waals surface area contributed by atoms with Crippen LogP contribution >= 0.6 is 0 Å². The SMILES string of the molecule is CC[C@@H]1C(=O)CN2C(=O)CCC12. The lowest BCUT2D eigenvalue weighted by atomic mass is 9.95. The van der Waals surface area contributed by atoms with Gasteiger partial charge in [0.1, 0.15) is 0 Å². The molecule has 0 aromatic rings. The highest BCUT2D eigenvalue weighted by molar-refractivity contribution is 5.93. The molecule has 12 heavy (non-hydrogen) atoms. The van der Waals surface area contributed by atoms with Crippen molar-refractivity contribution in [2.45, 2.75) is 32.2 Å². The van der Waals surface area contributed by atoms with E-state index in [-0.39, 0.29) is 23.7 Å². The lowest BCUT2D eigenvalue weighted by Crippen LogP contribution is -2.29. The lowest BCUT2D eigenvalue weighted by molar-refractivity contribution is -0.129. The van der Waals surface area contributed by atoms with E-state index in [1.807, 2.05) is 6.92 Å². The number of carbonyl (C=O) groups is 2. The highest BCUT2D eigenvalue weighted by atomic mass is 16.2. The van der Waals surface area contributed by atoms with Crippen LogP contribution in [0.4, 0.5) is 0 Å². The van der Waals surface area contributed by atoms with E-state index in [2.05, 4.69) is 0 Å². The minimum Gasteiger partial charge on any atom is -0.332 e. The van der Waals surface area contributed by atoms with Crippen molar-refractivity contribution in [1.82, 2.24) is 4.90 Å². The maximum atomic E-state index is 11.4. The van der Waals surface area contributed by atoms with E-state index in [9.17, 15) is 9.59 Å². The fourth-order valence-electron chi connectivity index (χ4n) is 2.38. The number of nitrogens with zero attached hydrogens (tertiary/aromatic N) is 1. The Morgan fingerprint density at radius 2 is 2.25 bits per heavy atom. The van der Waals surface area contributed by atoms with Gasteiger partial charge in [-0.3, -0.25) is 9.59 Å². The second-order valence-electron chi connectivity index (χ2n) is 3.61. The quantitative estimate of drug-likeness (QED) is 0.573. The number of hydrogen-bond acceptors (Lipinski definition) is 2. The van der Waals surface area contributed by atoms with E-state index in [0.29, 0.717) is 13.0 Å². The van der Waals surface area contributed by atoms with Gasteiger partial charge in [-0.2, -0.15) is 0 Å². The fraction of sp³-hybridized carbons (Fsp3) is 0.778. The van der Waals surface area contributed by atoms with Crippen LogP contribution in [0.2, 0.25) is 0 Å². The Morgan fingerprint density at radius 1 is 1.50 bits per heavy atom. The average molecular weight is 167 g/mol. The number of fused-ring (bicyclic) bond motifs is 1. The third-order valence-corrected chi connectivity index (χ3v) is 3.02. The maximum Gasteiger partial charge on any atom is 0.223 e. The van der Waals surface area contributed by atoms with Crippen LogP contribution in [-0.2, 0) is 9.59 Å². The molecular formula is C9H13NO2. The summed E-state index contributed by atoms with van der Waals surface area (Å²) >= 11 is 0. The van der Waals surface area contributed by atoms with E-state index in [1.54, 1.807) is 4.90 Å². The van der Waals surface area contributed by atoms with Crippen LogP contribution in [-0.4, -0.2) is 29.2 Å². The van der Waals surface area contributed by atoms with Crippen molar-refractivity contribution in [1.29, 1.82) is 0 Å². The summed E-state index contributed by atoms with van der Waals surface area (Å²) < 4.78 is 0. The molecule has 0 N–H and O–H groups in total. The number of ketones is 1. The Kier molecular flexibility index (Phi) is 1.67. The Balaban J connectivity index is 2.20. The number of rotatable bonds is 1. The molecule has 2 saturated heterocycles. The van der Waals surface area contributed by atoms with Gasteiger partial charge in [0.05, 0.1) is 6.54 Å². The monoisotopic (exact) mass is 167 g/mol. The van der Waals surface area contributed by atoms with Crippen molar-refractivity contribution in [3.8, 4) is 0 Å². The van der Waals surface area contributed by atoms with Crippen molar-refractivity contribution in [2.24, 2.45) is 5.92 Å². The van der Waals surface area contributed by atoms with Crippen LogP contribution in [0.3, 0.4) is 0 Å². The zero-order valence-corrected chi connectivity index (χ0v) is 7.25. The van der Waals surface area contributed by atoms with Gasteiger partial charge in [0, 0.05) is 18.4 Å². The molecule has 0 aliphatic carbocycles. The summed E-state index contributed by atoms with van der Waals surface area (Å²) in [5.74, 6) is 0.566. The van der Waals surface area contributed by atoms with Gasteiger partial charge in [-0.25, -0.2) is 0 Å². The standard InChI is InChI=1S/C9H13NO2/c1-2-6-7-3-4-9(12)10(7)5-8(6)11/h6-7H,2-5H2,1H3/t6-,7?/m0/s1. The molecular weight excluding hydrogens is 154 g/mol. The zero-order valence-electron chi connectivity index (χ0n) is 7.25. The molecule has 66 valence electrons. The van der Waals surface area contributed by atoms with Crippen LogP contribution in [0.25, 0.3) is 0 Å². The fourth-order valence-corrected chi connectivity index (χ4v) is 2.38. The van der Waals surface area contributed by atoms with Gasteiger partial charge in [-0.15, -0.1) is 0 Å². The van der Waals surface area contributed by atoms with Crippen molar-refractivity contribution in [3.63, 3.8) is 0 Å². The molecule has 0 radical (unpaired) electrons. The normalized spacial score (nSPS) is 34.6. The minimum absolute atomic E-state index is 0.136. The summed E-state index contributed by atoms with van der Waals surface area (Å²) in [6.45, 7) is 2.40. The third-order valence-electron chi connectivity index (χ3n) is 3.02. The first-order chi connectivity index (χ1) is 5.74. The third kappa shape index (κ3) is 0.886. The molecule has 2 aliphatic heterocycles. The Labute approximate surface area is 71.7 Å². The average Bonchev–Trinajstić information content (AvgIpc) is 2.52. The number of amides is 1. The molecule has 2 heterocycles. The molecule has 0 bridgehead atoms.